The lowest BCUT2D eigenvalue weighted by atomic mass is 10.1. The molecule has 1 saturated carbocycles. The van der Waals surface area contributed by atoms with Crippen molar-refractivity contribution in [2.45, 2.75) is 48.7 Å². The molecule has 0 aromatic heterocycles. The first-order chi connectivity index (χ1) is 12.4. The summed E-state index contributed by atoms with van der Waals surface area (Å²) in [4.78, 5) is 12.4. The summed E-state index contributed by atoms with van der Waals surface area (Å²) in [6, 6.07) is 13.9. The molecule has 0 aliphatic heterocycles. The summed E-state index contributed by atoms with van der Waals surface area (Å²) in [6.07, 6.45) is 4.41. The molecule has 1 fully saturated rings. The van der Waals surface area contributed by atoms with Crippen molar-refractivity contribution in [3.05, 3.63) is 59.1 Å². The van der Waals surface area contributed by atoms with E-state index in [1.165, 1.54) is 0 Å². The minimum atomic E-state index is -3.26. The van der Waals surface area contributed by atoms with Crippen LogP contribution in [0.2, 0.25) is 5.02 Å². The molecule has 26 heavy (non-hydrogen) atoms. The minimum Gasteiger partial charge on any atom is -0.326 e. The Morgan fingerprint density at radius 3 is 2.23 bits per heavy atom. The maximum absolute atomic E-state index is 12.6. The van der Waals surface area contributed by atoms with Gasteiger partial charge in [-0.1, -0.05) is 36.6 Å². The molecule has 0 unspecified atom stereocenters. The highest BCUT2D eigenvalue weighted by atomic mass is 35.5. The summed E-state index contributed by atoms with van der Waals surface area (Å²) in [5, 5.41) is 3.22. The zero-order valence-electron chi connectivity index (χ0n) is 14.4. The van der Waals surface area contributed by atoms with Crippen LogP contribution in [0.25, 0.3) is 0 Å². The van der Waals surface area contributed by atoms with Crippen LogP contribution >= 0.6 is 11.6 Å². The second-order valence-corrected chi connectivity index (χ2v) is 9.32. The largest absolute Gasteiger partial charge is 0.326 e. The van der Waals surface area contributed by atoms with Crippen LogP contribution in [0.3, 0.4) is 0 Å². The first-order valence-electron chi connectivity index (χ1n) is 8.83. The molecule has 1 aliphatic rings. The van der Waals surface area contributed by atoms with Crippen LogP contribution in [0.5, 0.6) is 0 Å². The zero-order valence-corrected chi connectivity index (χ0v) is 16.0. The van der Waals surface area contributed by atoms with Crippen LogP contribution in [-0.4, -0.2) is 19.6 Å². The fourth-order valence-corrected chi connectivity index (χ4v) is 5.23. The van der Waals surface area contributed by atoms with Crippen molar-refractivity contribution in [2.75, 3.05) is 5.32 Å². The van der Waals surface area contributed by atoms with Gasteiger partial charge in [0.25, 0.3) is 0 Å². The van der Waals surface area contributed by atoms with Crippen molar-refractivity contribution in [1.29, 1.82) is 0 Å². The fraction of sp³-hybridized carbons (Fsp3) is 0.350. The minimum absolute atomic E-state index is 0.105. The van der Waals surface area contributed by atoms with E-state index in [2.05, 4.69) is 5.32 Å². The molecular formula is C20H22ClNO3S. The van der Waals surface area contributed by atoms with Gasteiger partial charge in [-0.05, 0) is 61.2 Å². The van der Waals surface area contributed by atoms with E-state index in [1.54, 1.807) is 36.4 Å². The van der Waals surface area contributed by atoms with E-state index in [4.69, 9.17) is 11.6 Å². The highest BCUT2D eigenvalue weighted by Crippen LogP contribution is 2.30. The number of halogens is 1. The summed E-state index contributed by atoms with van der Waals surface area (Å²) >= 11 is 5.85. The van der Waals surface area contributed by atoms with E-state index in [0.717, 1.165) is 31.2 Å². The summed E-state index contributed by atoms with van der Waals surface area (Å²) in [5.41, 5.74) is 1.65. The van der Waals surface area contributed by atoms with Crippen molar-refractivity contribution >= 4 is 33.0 Å². The standard InChI is InChI=1S/C20H22ClNO3S/c21-16-8-5-15(6-9-16)7-14-20(23)22-17-10-12-19(13-11-17)26(24,25)18-3-1-2-4-18/h5-6,8-13,18H,1-4,7,14H2,(H,22,23). The predicted molar refractivity (Wildman–Crippen MR) is 104 cm³/mol. The van der Waals surface area contributed by atoms with Crippen LogP contribution in [0, 0.1) is 0 Å². The third-order valence-corrected chi connectivity index (χ3v) is 7.29. The second kappa shape index (κ2) is 8.23. The average Bonchev–Trinajstić information content (AvgIpc) is 3.17. The van der Waals surface area contributed by atoms with Crippen LogP contribution in [-0.2, 0) is 21.1 Å². The first kappa shape index (κ1) is 18.9. The van der Waals surface area contributed by atoms with Gasteiger partial charge in [0.15, 0.2) is 9.84 Å². The number of aryl methyl sites for hydroxylation is 1. The number of hydrogen-bond acceptors (Lipinski definition) is 3. The molecule has 0 heterocycles. The lowest BCUT2D eigenvalue weighted by molar-refractivity contribution is -0.116. The molecule has 1 amide bonds. The maximum Gasteiger partial charge on any atom is 0.224 e. The third kappa shape index (κ3) is 4.65. The first-order valence-corrected chi connectivity index (χ1v) is 10.8. The van der Waals surface area contributed by atoms with E-state index in [-0.39, 0.29) is 11.2 Å². The number of sulfone groups is 1. The third-order valence-electron chi connectivity index (χ3n) is 4.76. The SMILES string of the molecule is O=C(CCc1ccc(Cl)cc1)Nc1ccc(S(=O)(=O)C2CCCC2)cc1. The van der Waals surface area contributed by atoms with Crippen molar-refractivity contribution in [3.8, 4) is 0 Å². The highest BCUT2D eigenvalue weighted by Gasteiger charge is 2.30. The van der Waals surface area contributed by atoms with Crippen molar-refractivity contribution in [1.82, 2.24) is 0 Å². The van der Waals surface area contributed by atoms with Crippen LogP contribution in [0.4, 0.5) is 5.69 Å². The number of amides is 1. The smallest absolute Gasteiger partial charge is 0.224 e. The van der Waals surface area contributed by atoms with Gasteiger partial charge in [0.1, 0.15) is 0 Å². The second-order valence-electron chi connectivity index (χ2n) is 6.65. The number of nitrogens with one attached hydrogen (secondary N) is 1. The summed E-state index contributed by atoms with van der Waals surface area (Å²) < 4.78 is 25.1. The van der Waals surface area contributed by atoms with Crippen molar-refractivity contribution in [3.63, 3.8) is 0 Å². The average molecular weight is 392 g/mol. The molecule has 0 saturated heterocycles. The van der Waals surface area contributed by atoms with Crippen molar-refractivity contribution in [2.24, 2.45) is 0 Å². The van der Waals surface area contributed by atoms with Crippen LogP contribution in [0.15, 0.2) is 53.4 Å². The molecule has 3 rings (SSSR count). The molecule has 0 radical (unpaired) electrons. The molecule has 1 N–H and O–H groups in total. The molecule has 1 aliphatic carbocycles. The molecule has 0 spiro atoms. The lowest BCUT2D eigenvalue weighted by Crippen LogP contribution is -2.18. The molecule has 2 aromatic rings. The Bertz CT molecular complexity index is 855. The van der Waals surface area contributed by atoms with Gasteiger partial charge in [0.2, 0.25) is 5.91 Å². The number of anilines is 1. The molecule has 0 atom stereocenters. The Balaban J connectivity index is 1.56. The fourth-order valence-electron chi connectivity index (χ4n) is 3.25. The summed E-state index contributed by atoms with van der Waals surface area (Å²) in [5.74, 6) is -0.105. The Hall–Kier alpha value is -1.85. The highest BCUT2D eigenvalue weighted by molar-refractivity contribution is 7.92. The number of rotatable bonds is 6. The van der Waals surface area contributed by atoms with E-state index < -0.39 is 9.84 Å². The normalized spacial score (nSPS) is 15.1. The van der Waals surface area contributed by atoms with Gasteiger partial charge < -0.3 is 5.32 Å². The number of carbonyl (C=O) groups excluding carboxylic acids is 1. The monoisotopic (exact) mass is 391 g/mol. The Labute approximate surface area is 159 Å². The van der Waals surface area contributed by atoms with E-state index in [9.17, 15) is 13.2 Å². The van der Waals surface area contributed by atoms with Crippen LogP contribution in [0.1, 0.15) is 37.7 Å². The van der Waals surface area contributed by atoms with E-state index in [1.807, 2.05) is 12.1 Å². The maximum atomic E-state index is 12.6. The van der Waals surface area contributed by atoms with Gasteiger partial charge in [0.05, 0.1) is 10.1 Å². The van der Waals surface area contributed by atoms with Gasteiger partial charge in [-0.25, -0.2) is 8.42 Å². The number of benzene rings is 2. The van der Waals surface area contributed by atoms with E-state index in [0.29, 0.717) is 28.4 Å². The molecule has 0 bridgehead atoms. The van der Waals surface area contributed by atoms with Gasteiger partial charge >= 0.3 is 0 Å². The molecule has 4 nitrogen and oxygen atoms in total. The molecule has 138 valence electrons. The lowest BCUT2D eigenvalue weighted by Gasteiger charge is -2.12. The number of carbonyl (C=O) groups is 1. The number of hydrogen-bond donors (Lipinski definition) is 1. The van der Waals surface area contributed by atoms with Gasteiger partial charge in [-0.2, -0.15) is 0 Å². The van der Waals surface area contributed by atoms with Crippen LogP contribution < -0.4 is 5.32 Å². The Morgan fingerprint density at radius 1 is 1.00 bits per heavy atom. The topological polar surface area (TPSA) is 63.2 Å². The molecule has 6 heteroatoms. The summed E-state index contributed by atoms with van der Waals surface area (Å²) in [6.45, 7) is 0. The summed E-state index contributed by atoms with van der Waals surface area (Å²) in [7, 11) is -3.26. The predicted octanol–water partition coefficient (Wildman–Crippen LogP) is 4.63. The van der Waals surface area contributed by atoms with Gasteiger partial charge in [0, 0.05) is 17.1 Å². The Kier molecular flexibility index (Phi) is 5.99. The zero-order chi connectivity index (χ0) is 18.6. The van der Waals surface area contributed by atoms with E-state index >= 15 is 0 Å². The molecular weight excluding hydrogens is 370 g/mol. The van der Waals surface area contributed by atoms with Crippen molar-refractivity contribution < 1.29 is 13.2 Å². The molecule has 2 aromatic carbocycles. The quantitative estimate of drug-likeness (QED) is 0.780. The Morgan fingerprint density at radius 2 is 1.62 bits per heavy atom. The van der Waals surface area contributed by atoms with Gasteiger partial charge in [-0.3, -0.25) is 4.79 Å². The van der Waals surface area contributed by atoms with Gasteiger partial charge in [-0.15, -0.1) is 0 Å².